The normalized spacial score (nSPS) is 28.3. The van der Waals surface area contributed by atoms with E-state index in [1.165, 1.54) is 0 Å². The molecule has 0 radical (unpaired) electrons. The molecule has 0 aromatic heterocycles. The number of rotatable bonds is 0. The summed E-state index contributed by atoms with van der Waals surface area (Å²) in [6.07, 6.45) is 0.567. The van der Waals surface area contributed by atoms with Crippen LogP contribution in [0.2, 0.25) is 0 Å². The summed E-state index contributed by atoms with van der Waals surface area (Å²) in [4.78, 5) is 27.4. The van der Waals surface area contributed by atoms with Gasteiger partial charge in [0.15, 0.2) is 0 Å². The van der Waals surface area contributed by atoms with E-state index in [1.807, 2.05) is 24.3 Å². The maximum atomic E-state index is 12.0. The molecule has 1 fully saturated rings. The van der Waals surface area contributed by atoms with E-state index in [4.69, 9.17) is 0 Å². The Labute approximate surface area is 120 Å². The van der Waals surface area contributed by atoms with Crippen molar-refractivity contribution in [1.29, 1.82) is 0 Å². The first-order valence-electron chi connectivity index (χ1n) is 6.32. The molecular weight excluding hydrogens is 308 g/mol. The Bertz CT molecular complexity index is 574. The number of carbonyl (C=O) groups excluding carboxylic acids is 2. The van der Waals surface area contributed by atoms with Crippen LogP contribution in [0.4, 0.5) is 5.69 Å². The number of alkyl halides is 1. The highest BCUT2D eigenvalue weighted by molar-refractivity contribution is 9.09. The maximum Gasteiger partial charge on any atom is 0.225 e. The monoisotopic (exact) mass is 322 g/mol. The first kappa shape index (κ1) is 12.7. The van der Waals surface area contributed by atoms with Crippen LogP contribution in [0.15, 0.2) is 24.3 Å². The Kier molecular flexibility index (Phi) is 2.71. The zero-order valence-electron chi connectivity index (χ0n) is 10.9. The van der Waals surface area contributed by atoms with Crippen molar-refractivity contribution in [3.8, 4) is 0 Å². The molecule has 19 heavy (non-hydrogen) atoms. The molecule has 3 rings (SSSR count). The first-order chi connectivity index (χ1) is 8.97. The van der Waals surface area contributed by atoms with Crippen molar-refractivity contribution >= 4 is 33.4 Å². The first-order valence-corrected chi connectivity index (χ1v) is 7.11. The summed E-state index contributed by atoms with van der Waals surface area (Å²) in [6.45, 7) is 3.77. The molecule has 2 aliphatic rings. The molecule has 5 heteroatoms. The zero-order valence-corrected chi connectivity index (χ0v) is 12.5. The molecular formula is C14H15BrN2O2. The van der Waals surface area contributed by atoms with Crippen molar-refractivity contribution in [2.24, 2.45) is 0 Å². The third-order valence-electron chi connectivity index (χ3n) is 4.02. The lowest BCUT2D eigenvalue weighted by molar-refractivity contribution is -0.130. The number of para-hydroxylation sites is 1. The van der Waals surface area contributed by atoms with Gasteiger partial charge in [0.25, 0.3) is 0 Å². The zero-order chi connectivity index (χ0) is 13.8. The summed E-state index contributed by atoms with van der Waals surface area (Å²) >= 11 is 3.80. The van der Waals surface area contributed by atoms with E-state index in [0.29, 0.717) is 6.54 Å². The molecule has 4 nitrogen and oxygen atoms in total. The molecule has 100 valence electrons. The molecule has 0 N–H and O–H groups in total. The number of hydrogen-bond donors (Lipinski definition) is 0. The number of amides is 2. The fourth-order valence-corrected chi connectivity index (χ4v) is 4.20. The number of carbonyl (C=O) groups is 2. The molecule has 1 saturated heterocycles. The summed E-state index contributed by atoms with van der Waals surface area (Å²) in [5, 5.41) is 0. The Morgan fingerprint density at radius 1 is 1.26 bits per heavy atom. The Hall–Kier alpha value is -1.36. The summed E-state index contributed by atoms with van der Waals surface area (Å²) in [5.74, 6) is -0.0303. The van der Waals surface area contributed by atoms with E-state index >= 15 is 0 Å². The highest BCUT2D eigenvalue weighted by Gasteiger charge is 2.57. The van der Waals surface area contributed by atoms with Gasteiger partial charge in [0.05, 0.1) is 10.0 Å². The molecule has 2 aliphatic heterocycles. The second-order valence-electron chi connectivity index (χ2n) is 5.10. The van der Waals surface area contributed by atoms with Crippen LogP contribution in [0.3, 0.4) is 0 Å². The lowest BCUT2D eigenvalue weighted by Gasteiger charge is -2.33. The molecule has 0 saturated carbocycles. The number of anilines is 1. The van der Waals surface area contributed by atoms with Gasteiger partial charge in [0, 0.05) is 20.4 Å². The second-order valence-corrected chi connectivity index (χ2v) is 6.52. The SMILES string of the molecule is CC(=O)N1CC[C@@]2(Br)c3ccccc3N(C(C)=O)[C@@H]12. The van der Waals surface area contributed by atoms with Crippen molar-refractivity contribution in [1.82, 2.24) is 4.90 Å². The van der Waals surface area contributed by atoms with Gasteiger partial charge in [-0.05, 0) is 18.1 Å². The maximum absolute atomic E-state index is 12.0. The fourth-order valence-electron chi connectivity index (χ4n) is 3.24. The molecule has 0 spiro atoms. The van der Waals surface area contributed by atoms with Gasteiger partial charge in [0.2, 0.25) is 11.8 Å². The summed E-state index contributed by atoms with van der Waals surface area (Å²) in [5.41, 5.74) is 2.00. The Morgan fingerprint density at radius 2 is 1.95 bits per heavy atom. The van der Waals surface area contributed by atoms with Crippen molar-refractivity contribution in [3.63, 3.8) is 0 Å². The number of nitrogens with zero attached hydrogens (tertiary/aromatic N) is 2. The van der Waals surface area contributed by atoms with Gasteiger partial charge >= 0.3 is 0 Å². The van der Waals surface area contributed by atoms with Gasteiger partial charge in [-0.1, -0.05) is 34.1 Å². The number of halogens is 1. The summed E-state index contributed by atoms with van der Waals surface area (Å²) in [6, 6.07) is 7.86. The summed E-state index contributed by atoms with van der Waals surface area (Å²) in [7, 11) is 0. The highest BCUT2D eigenvalue weighted by atomic mass is 79.9. The van der Waals surface area contributed by atoms with Gasteiger partial charge in [-0.15, -0.1) is 0 Å². The second kappa shape index (κ2) is 4.07. The molecule has 1 aromatic rings. The third kappa shape index (κ3) is 1.57. The smallest absolute Gasteiger partial charge is 0.225 e. The van der Waals surface area contributed by atoms with Crippen LogP contribution in [-0.4, -0.2) is 29.4 Å². The molecule has 2 atom stereocenters. The predicted molar refractivity (Wildman–Crippen MR) is 76.0 cm³/mol. The highest BCUT2D eigenvalue weighted by Crippen LogP contribution is 2.55. The van der Waals surface area contributed by atoms with Crippen LogP contribution in [-0.2, 0) is 13.9 Å². The average molecular weight is 323 g/mol. The minimum Gasteiger partial charge on any atom is -0.320 e. The van der Waals surface area contributed by atoms with Crippen LogP contribution < -0.4 is 4.90 Å². The molecule has 2 amide bonds. The largest absolute Gasteiger partial charge is 0.320 e. The van der Waals surface area contributed by atoms with Crippen LogP contribution in [0, 0.1) is 0 Å². The van der Waals surface area contributed by atoms with Crippen LogP contribution in [0.5, 0.6) is 0 Å². The predicted octanol–water partition coefficient (Wildman–Crippen LogP) is 2.22. The number of benzene rings is 1. The van der Waals surface area contributed by atoms with Crippen molar-refractivity contribution in [2.45, 2.75) is 30.8 Å². The van der Waals surface area contributed by atoms with Crippen molar-refractivity contribution in [3.05, 3.63) is 29.8 Å². The summed E-state index contributed by atoms with van der Waals surface area (Å²) < 4.78 is -0.332. The van der Waals surface area contributed by atoms with Gasteiger partial charge in [0.1, 0.15) is 6.17 Å². The lowest BCUT2D eigenvalue weighted by Crippen LogP contribution is -2.51. The van der Waals surface area contributed by atoms with E-state index in [9.17, 15) is 9.59 Å². The topological polar surface area (TPSA) is 40.6 Å². The van der Waals surface area contributed by atoms with Gasteiger partial charge in [-0.3, -0.25) is 14.5 Å². The minimum absolute atomic E-state index is 0.00498. The number of fused-ring (bicyclic) bond motifs is 3. The number of likely N-dealkylation sites (tertiary alicyclic amines) is 1. The van der Waals surface area contributed by atoms with Gasteiger partial charge < -0.3 is 4.90 Å². The fraction of sp³-hybridized carbons (Fsp3) is 0.429. The van der Waals surface area contributed by atoms with E-state index in [-0.39, 0.29) is 22.3 Å². The number of hydrogen-bond acceptors (Lipinski definition) is 2. The minimum atomic E-state index is -0.332. The van der Waals surface area contributed by atoms with E-state index < -0.39 is 0 Å². The molecule has 1 aromatic carbocycles. The van der Waals surface area contributed by atoms with Crippen molar-refractivity contribution in [2.75, 3.05) is 11.4 Å². The standard InChI is InChI=1S/C14H15BrN2O2/c1-9(18)16-8-7-14(15)11-5-3-4-6-12(11)17(10(2)19)13(14)16/h3-6,13H,7-8H2,1-2H3/t13-,14-/m1/s1. The third-order valence-corrected chi connectivity index (χ3v) is 5.25. The quantitative estimate of drug-likeness (QED) is 0.687. The Morgan fingerprint density at radius 3 is 2.58 bits per heavy atom. The van der Waals surface area contributed by atoms with Gasteiger partial charge in [-0.2, -0.15) is 0 Å². The van der Waals surface area contributed by atoms with Crippen LogP contribution in [0.1, 0.15) is 25.8 Å². The average Bonchev–Trinajstić information content (AvgIpc) is 2.80. The Balaban J connectivity index is 2.19. The van der Waals surface area contributed by atoms with Gasteiger partial charge in [-0.25, -0.2) is 0 Å². The van der Waals surface area contributed by atoms with E-state index in [0.717, 1.165) is 17.7 Å². The molecule has 0 unspecified atom stereocenters. The van der Waals surface area contributed by atoms with Crippen molar-refractivity contribution < 1.29 is 9.59 Å². The van der Waals surface area contributed by atoms with Crippen LogP contribution in [0.25, 0.3) is 0 Å². The molecule has 2 heterocycles. The lowest BCUT2D eigenvalue weighted by atomic mass is 9.98. The van der Waals surface area contributed by atoms with E-state index in [1.54, 1.807) is 23.6 Å². The van der Waals surface area contributed by atoms with E-state index in [2.05, 4.69) is 15.9 Å². The molecule has 0 bridgehead atoms. The molecule has 0 aliphatic carbocycles. The van der Waals surface area contributed by atoms with Crippen LogP contribution >= 0.6 is 15.9 Å².